The molecule has 0 fully saturated rings. The van der Waals surface area contributed by atoms with Crippen LogP contribution in [-0.4, -0.2) is 54.3 Å². The lowest BCUT2D eigenvalue weighted by Crippen LogP contribution is -2.26. The number of thiazole rings is 1. The first-order chi connectivity index (χ1) is 14.8. The zero-order chi connectivity index (χ0) is 23.1. The molecule has 31 heavy (non-hydrogen) atoms. The number of hydrogen-bond acceptors (Lipinski definition) is 5. The summed E-state index contributed by atoms with van der Waals surface area (Å²) in [6, 6.07) is 0. The van der Waals surface area contributed by atoms with E-state index in [0.29, 0.717) is 12.3 Å². The molecule has 0 radical (unpaired) electrons. The van der Waals surface area contributed by atoms with Crippen LogP contribution in [0, 0.1) is 0 Å². The van der Waals surface area contributed by atoms with Crippen LogP contribution in [0.5, 0.6) is 0 Å². The maximum absolute atomic E-state index is 12.4. The van der Waals surface area contributed by atoms with Crippen molar-refractivity contribution in [2.75, 3.05) is 27.7 Å². The summed E-state index contributed by atoms with van der Waals surface area (Å²) in [4.78, 5) is 32.0. The molecule has 1 aromatic rings. The quantitative estimate of drug-likeness (QED) is 0.210. The second-order valence-electron chi connectivity index (χ2n) is 7.96. The number of likely N-dealkylation sites (N-methyl/N-ethyl adjacent to an activating group) is 2. The van der Waals surface area contributed by atoms with Crippen molar-refractivity contribution in [1.29, 1.82) is 0 Å². The number of hydrogen-bond donors (Lipinski definition) is 0. The predicted molar refractivity (Wildman–Crippen MR) is 128 cm³/mol. The summed E-state index contributed by atoms with van der Waals surface area (Å²) in [5, 5.41) is 2.89. The van der Waals surface area contributed by atoms with E-state index in [1.54, 1.807) is 41.4 Å². The van der Waals surface area contributed by atoms with E-state index in [0.717, 1.165) is 42.8 Å². The van der Waals surface area contributed by atoms with E-state index in [2.05, 4.69) is 11.1 Å². The molecule has 1 rings (SSSR count). The van der Waals surface area contributed by atoms with E-state index in [1.807, 2.05) is 26.4 Å². The highest BCUT2D eigenvalue weighted by molar-refractivity contribution is 7.09. The number of aromatic nitrogens is 1. The summed E-state index contributed by atoms with van der Waals surface area (Å²) in [6.45, 7) is 5.02. The second kappa shape index (κ2) is 15.6. The number of carbonyl (C=O) groups excluding carboxylic acids is 2. The Morgan fingerprint density at radius 2 is 1.68 bits per heavy atom. The van der Waals surface area contributed by atoms with Gasteiger partial charge in [0.15, 0.2) is 0 Å². The van der Waals surface area contributed by atoms with Gasteiger partial charge in [0.1, 0.15) is 5.01 Å². The van der Waals surface area contributed by atoms with E-state index in [9.17, 15) is 9.59 Å². The molecule has 174 valence electrons. The molecule has 0 atom stereocenters. The van der Waals surface area contributed by atoms with Crippen LogP contribution in [0.4, 0.5) is 0 Å². The fourth-order valence-electron chi connectivity index (χ4n) is 3.14. The standard InChI is InChI=1S/C24H39N3O3S/c1-20(24(29)27(4)19-22-25-15-17-31-22)14-12-10-8-6-7-9-11-13-16-26(3)23(28)18-21(2)30-5/h14-15,17-18H,6-13,16,19H2,1-5H3/b20-14+,21-18+. The average Bonchev–Trinajstić information content (AvgIpc) is 3.26. The normalized spacial score (nSPS) is 12.0. The zero-order valence-electron chi connectivity index (χ0n) is 19.9. The highest BCUT2D eigenvalue weighted by atomic mass is 32.1. The minimum Gasteiger partial charge on any atom is -0.501 e. The molecule has 1 heterocycles. The molecule has 2 amide bonds. The number of nitrogens with zero attached hydrogens (tertiary/aromatic N) is 3. The van der Waals surface area contributed by atoms with Crippen LogP contribution in [0.2, 0.25) is 0 Å². The molecule has 0 aliphatic carbocycles. The molecule has 0 aliphatic rings. The van der Waals surface area contributed by atoms with Crippen molar-refractivity contribution in [2.45, 2.75) is 71.8 Å². The van der Waals surface area contributed by atoms with E-state index >= 15 is 0 Å². The number of allylic oxidation sites excluding steroid dienone is 2. The average molecular weight is 450 g/mol. The molecular weight excluding hydrogens is 410 g/mol. The Kier molecular flexibility index (Phi) is 13.5. The van der Waals surface area contributed by atoms with Crippen LogP contribution in [0.25, 0.3) is 0 Å². The molecule has 0 spiro atoms. The largest absolute Gasteiger partial charge is 0.501 e. The zero-order valence-corrected chi connectivity index (χ0v) is 20.7. The molecule has 0 bridgehead atoms. The Labute approximate surface area is 192 Å². The van der Waals surface area contributed by atoms with Crippen molar-refractivity contribution in [3.8, 4) is 0 Å². The minimum absolute atomic E-state index is 0.00411. The molecule has 7 heteroatoms. The number of unbranched alkanes of at least 4 members (excludes halogenated alkanes) is 7. The van der Waals surface area contributed by atoms with Gasteiger partial charge in [-0.25, -0.2) is 4.98 Å². The highest BCUT2D eigenvalue weighted by Crippen LogP contribution is 2.12. The molecule has 0 aromatic carbocycles. The van der Waals surface area contributed by atoms with Gasteiger partial charge in [0.2, 0.25) is 11.8 Å². The monoisotopic (exact) mass is 449 g/mol. The van der Waals surface area contributed by atoms with Crippen molar-refractivity contribution in [3.63, 3.8) is 0 Å². The van der Waals surface area contributed by atoms with Gasteiger partial charge in [-0.3, -0.25) is 9.59 Å². The van der Waals surface area contributed by atoms with Crippen molar-refractivity contribution in [2.24, 2.45) is 0 Å². The van der Waals surface area contributed by atoms with Crippen LogP contribution in [0.3, 0.4) is 0 Å². The number of carbonyl (C=O) groups is 2. The lowest BCUT2D eigenvalue weighted by atomic mass is 10.1. The van der Waals surface area contributed by atoms with Crippen molar-refractivity contribution >= 4 is 23.2 Å². The summed E-state index contributed by atoms with van der Waals surface area (Å²) < 4.78 is 5.01. The van der Waals surface area contributed by atoms with Crippen LogP contribution < -0.4 is 0 Å². The Bertz CT molecular complexity index is 714. The van der Waals surface area contributed by atoms with Crippen molar-refractivity contribution in [1.82, 2.24) is 14.8 Å². The highest BCUT2D eigenvalue weighted by Gasteiger charge is 2.12. The third kappa shape index (κ3) is 11.7. The van der Waals surface area contributed by atoms with Gasteiger partial charge in [0.25, 0.3) is 0 Å². The topological polar surface area (TPSA) is 62.7 Å². The molecule has 1 aromatic heterocycles. The first-order valence-electron chi connectivity index (χ1n) is 11.1. The third-order valence-electron chi connectivity index (χ3n) is 5.21. The minimum atomic E-state index is -0.00411. The van der Waals surface area contributed by atoms with E-state index < -0.39 is 0 Å². The van der Waals surface area contributed by atoms with Gasteiger partial charge < -0.3 is 14.5 Å². The Morgan fingerprint density at radius 3 is 2.29 bits per heavy atom. The van der Waals surface area contributed by atoms with E-state index in [1.165, 1.54) is 31.8 Å². The SMILES string of the molecule is CO/C(C)=C/C(=O)N(C)CCCCCCCCC/C=C(\C)C(=O)N(C)Cc1nccs1. The van der Waals surface area contributed by atoms with Gasteiger partial charge in [-0.2, -0.15) is 0 Å². The second-order valence-corrected chi connectivity index (χ2v) is 8.94. The van der Waals surface area contributed by atoms with Gasteiger partial charge in [-0.15, -0.1) is 11.3 Å². The van der Waals surface area contributed by atoms with Gasteiger partial charge in [-0.05, 0) is 33.1 Å². The third-order valence-corrected chi connectivity index (χ3v) is 5.98. The number of ether oxygens (including phenoxy) is 1. The summed E-state index contributed by atoms with van der Waals surface area (Å²) in [7, 11) is 5.23. The molecule has 0 saturated carbocycles. The predicted octanol–water partition coefficient (Wildman–Crippen LogP) is 5.18. The van der Waals surface area contributed by atoms with Crippen molar-refractivity contribution in [3.05, 3.63) is 40.1 Å². The summed E-state index contributed by atoms with van der Waals surface area (Å²) >= 11 is 1.57. The number of methoxy groups -OCH3 is 1. The lowest BCUT2D eigenvalue weighted by Gasteiger charge is -2.16. The maximum Gasteiger partial charge on any atom is 0.249 e. The fraction of sp³-hybridized carbons (Fsp3) is 0.625. The Morgan fingerprint density at radius 1 is 1.03 bits per heavy atom. The van der Waals surface area contributed by atoms with Gasteiger partial charge in [0.05, 0.1) is 19.4 Å². The molecular formula is C24H39N3O3S. The van der Waals surface area contributed by atoms with Crippen LogP contribution in [-0.2, 0) is 20.9 Å². The summed E-state index contributed by atoms with van der Waals surface area (Å²) in [5.41, 5.74) is 0.813. The first kappa shape index (κ1) is 26.9. The van der Waals surface area contributed by atoms with Crippen LogP contribution in [0.15, 0.2) is 35.1 Å². The van der Waals surface area contributed by atoms with Crippen LogP contribution in [0.1, 0.15) is 70.2 Å². The van der Waals surface area contributed by atoms with Crippen molar-refractivity contribution < 1.29 is 14.3 Å². The lowest BCUT2D eigenvalue weighted by molar-refractivity contribution is -0.126. The summed E-state index contributed by atoms with van der Waals surface area (Å²) in [5.74, 6) is 0.705. The van der Waals surface area contributed by atoms with E-state index in [-0.39, 0.29) is 11.8 Å². The number of amides is 2. The van der Waals surface area contributed by atoms with E-state index in [4.69, 9.17) is 4.74 Å². The Hall–Kier alpha value is -2.15. The Balaban J connectivity index is 2.06. The van der Waals surface area contributed by atoms with Gasteiger partial charge in [0, 0.05) is 43.9 Å². The van der Waals surface area contributed by atoms with Crippen LogP contribution >= 0.6 is 11.3 Å². The molecule has 0 N–H and O–H groups in total. The molecule has 6 nitrogen and oxygen atoms in total. The summed E-state index contributed by atoms with van der Waals surface area (Å²) in [6.07, 6.45) is 14.4. The first-order valence-corrected chi connectivity index (χ1v) is 12.0. The molecule has 0 unspecified atom stereocenters. The maximum atomic E-state index is 12.4. The van der Waals surface area contributed by atoms with Gasteiger partial charge >= 0.3 is 0 Å². The molecule has 0 aliphatic heterocycles. The fourth-order valence-corrected chi connectivity index (χ4v) is 3.81. The van der Waals surface area contributed by atoms with Gasteiger partial charge in [-0.1, -0.05) is 38.2 Å². The smallest absolute Gasteiger partial charge is 0.249 e. The molecule has 0 saturated heterocycles. The number of rotatable bonds is 15.